The monoisotopic (exact) mass is 297 g/mol. The Morgan fingerprint density at radius 1 is 1.43 bits per heavy atom. The number of nitrogens with one attached hydrogen (secondary N) is 2. The Morgan fingerprint density at radius 2 is 2.19 bits per heavy atom. The number of nitrogens with zero attached hydrogens (tertiary/aromatic N) is 2. The first-order valence-corrected chi connectivity index (χ1v) is 6.53. The molecule has 2 aromatic heterocycles. The maximum atomic E-state index is 11.7. The van der Waals surface area contributed by atoms with Crippen LogP contribution in [0.5, 0.6) is 0 Å². The van der Waals surface area contributed by atoms with Gasteiger partial charge >= 0.3 is 0 Å². The molecular weight excluding hydrogens is 278 g/mol. The number of rotatable bonds is 7. The Bertz CT molecular complexity index is 653. The Labute approximate surface area is 120 Å². The molecule has 21 heavy (non-hydrogen) atoms. The van der Waals surface area contributed by atoms with E-state index in [0.717, 1.165) is 5.56 Å². The average molecular weight is 297 g/mol. The van der Waals surface area contributed by atoms with Crippen LogP contribution in [0.25, 0.3) is 11.0 Å². The molecule has 0 aliphatic rings. The molecule has 0 aliphatic heterocycles. The summed E-state index contributed by atoms with van der Waals surface area (Å²) in [6.07, 6.45) is 0.741. The lowest BCUT2D eigenvalue weighted by Crippen LogP contribution is -2.35. The summed E-state index contributed by atoms with van der Waals surface area (Å²) in [6, 6.07) is 0. The van der Waals surface area contributed by atoms with E-state index in [1.165, 1.54) is 0 Å². The van der Waals surface area contributed by atoms with Crippen LogP contribution < -0.4 is 11.3 Å². The van der Waals surface area contributed by atoms with E-state index in [4.69, 9.17) is 15.9 Å². The summed E-state index contributed by atoms with van der Waals surface area (Å²) in [5.74, 6) is 0.0254. The minimum absolute atomic E-state index is 0.0254. The third-order valence-electron chi connectivity index (χ3n) is 3.12. The molecule has 7 N–H and O–H groups in total. The molecule has 9 heteroatoms. The topological polar surface area (TPSA) is 151 Å². The van der Waals surface area contributed by atoms with E-state index < -0.39 is 6.10 Å². The van der Waals surface area contributed by atoms with Gasteiger partial charge in [-0.25, -0.2) is 4.98 Å². The summed E-state index contributed by atoms with van der Waals surface area (Å²) in [5, 5.41) is 27.5. The van der Waals surface area contributed by atoms with Crippen LogP contribution >= 0.6 is 0 Å². The summed E-state index contributed by atoms with van der Waals surface area (Å²) >= 11 is 0. The molecule has 0 aromatic carbocycles. The van der Waals surface area contributed by atoms with E-state index in [1.54, 1.807) is 11.1 Å². The number of H-pyrrole nitrogens is 2. The van der Waals surface area contributed by atoms with E-state index in [-0.39, 0.29) is 31.3 Å². The zero-order valence-electron chi connectivity index (χ0n) is 11.4. The Balaban J connectivity index is 2.26. The summed E-state index contributed by atoms with van der Waals surface area (Å²) in [6.45, 7) is 0.426. The predicted octanol–water partition coefficient (Wildman–Crippen LogP) is -2.02. The van der Waals surface area contributed by atoms with Crippen LogP contribution in [0, 0.1) is 0 Å². The largest absolute Gasteiger partial charge is 0.395 e. The molecule has 0 bridgehead atoms. The van der Waals surface area contributed by atoms with E-state index in [9.17, 15) is 9.90 Å². The second kappa shape index (κ2) is 6.68. The van der Waals surface area contributed by atoms with Gasteiger partial charge in [0.25, 0.3) is 5.56 Å². The van der Waals surface area contributed by atoms with Crippen molar-refractivity contribution in [2.45, 2.75) is 12.6 Å². The number of fused-ring (bicyclic) bond motifs is 1. The van der Waals surface area contributed by atoms with Crippen LogP contribution in [0.15, 0.2) is 11.0 Å². The third-order valence-corrected chi connectivity index (χ3v) is 3.12. The molecule has 0 amide bonds. The van der Waals surface area contributed by atoms with Crippen LogP contribution in [0.4, 0.5) is 5.95 Å². The molecule has 0 fully saturated rings. The number of nitrogen functional groups attached to an aromatic ring is 1. The molecule has 0 saturated carbocycles. The zero-order valence-corrected chi connectivity index (χ0v) is 11.4. The molecule has 2 aromatic rings. The fraction of sp³-hybridized carbons (Fsp3) is 0.500. The van der Waals surface area contributed by atoms with E-state index in [2.05, 4.69) is 15.0 Å². The van der Waals surface area contributed by atoms with Crippen LogP contribution in [0.2, 0.25) is 0 Å². The number of nitrogens with two attached hydrogens (primary N) is 1. The van der Waals surface area contributed by atoms with Crippen LogP contribution in [-0.2, 0) is 6.54 Å². The average Bonchev–Trinajstić information content (AvgIpc) is 2.82. The Morgan fingerprint density at radius 3 is 2.86 bits per heavy atom. The first kappa shape index (κ1) is 15.4. The van der Waals surface area contributed by atoms with E-state index in [1.807, 2.05) is 0 Å². The summed E-state index contributed by atoms with van der Waals surface area (Å²) in [7, 11) is 0. The summed E-state index contributed by atoms with van der Waals surface area (Å²) in [5.41, 5.74) is 6.69. The normalized spacial score (nSPS) is 13.1. The molecule has 116 valence electrons. The fourth-order valence-corrected chi connectivity index (χ4v) is 2.18. The van der Waals surface area contributed by atoms with Crippen molar-refractivity contribution in [3.8, 4) is 0 Å². The van der Waals surface area contributed by atoms with E-state index in [0.29, 0.717) is 24.1 Å². The number of aromatic nitrogens is 3. The number of aliphatic hydroxyl groups excluding tert-OH is 3. The van der Waals surface area contributed by atoms with Crippen molar-refractivity contribution in [3.63, 3.8) is 0 Å². The Kier molecular flexibility index (Phi) is 4.91. The van der Waals surface area contributed by atoms with Crippen molar-refractivity contribution >= 4 is 17.0 Å². The van der Waals surface area contributed by atoms with Gasteiger partial charge in [-0.2, -0.15) is 0 Å². The van der Waals surface area contributed by atoms with Gasteiger partial charge in [0, 0.05) is 31.4 Å². The molecule has 9 nitrogen and oxygen atoms in total. The van der Waals surface area contributed by atoms with Crippen molar-refractivity contribution in [1.29, 1.82) is 0 Å². The predicted molar refractivity (Wildman–Crippen MR) is 76.6 cm³/mol. The lowest BCUT2D eigenvalue weighted by atomic mass is 10.2. The lowest BCUT2D eigenvalue weighted by molar-refractivity contribution is 0.0511. The van der Waals surface area contributed by atoms with Crippen molar-refractivity contribution < 1.29 is 15.3 Å². The van der Waals surface area contributed by atoms with Gasteiger partial charge in [-0.1, -0.05) is 0 Å². The number of hydrogen-bond acceptors (Lipinski definition) is 7. The summed E-state index contributed by atoms with van der Waals surface area (Å²) in [4.78, 5) is 22.8. The fourth-order valence-electron chi connectivity index (χ4n) is 2.18. The van der Waals surface area contributed by atoms with E-state index >= 15 is 0 Å². The first-order chi connectivity index (χ1) is 10.0. The van der Waals surface area contributed by atoms with Crippen LogP contribution in [0.3, 0.4) is 0 Å². The van der Waals surface area contributed by atoms with Gasteiger partial charge < -0.3 is 26.0 Å². The van der Waals surface area contributed by atoms with Crippen molar-refractivity contribution in [2.24, 2.45) is 0 Å². The summed E-state index contributed by atoms with van der Waals surface area (Å²) < 4.78 is 0. The highest BCUT2D eigenvalue weighted by Crippen LogP contribution is 2.15. The Hall–Kier alpha value is -1.94. The van der Waals surface area contributed by atoms with Crippen LogP contribution in [-0.4, -0.2) is 67.6 Å². The quantitative estimate of drug-likeness (QED) is 0.345. The standard InChI is InChI=1S/C12H19N5O4/c13-12-15-9-7(3-14-10(9)11(21)16-12)4-17(1-2-18)5-8(20)6-19/h3,8,14,18-20H,1-2,4-6H2,(H3,13,15,16,21)/t8-/m1/s1. The van der Waals surface area contributed by atoms with Gasteiger partial charge in [0.1, 0.15) is 11.0 Å². The maximum Gasteiger partial charge on any atom is 0.276 e. The van der Waals surface area contributed by atoms with Gasteiger partial charge in [0.05, 0.1) is 19.3 Å². The van der Waals surface area contributed by atoms with Gasteiger partial charge in [-0.05, 0) is 0 Å². The molecule has 0 unspecified atom stereocenters. The van der Waals surface area contributed by atoms with Gasteiger partial charge in [-0.15, -0.1) is 0 Å². The van der Waals surface area contributed by atoms with Crippen LogP contribution in [0.1, 0.15) is 5.56 Å². The molecule has 0 spiro atoms. The second-order valence-corrected chi connectivity index (χ2v) is 4.78. The van der Waals surface area contributed by atoms with Gasteiger partial charge in [-0.3, -0.25) is 14.7 Å². The number of aromatic amines is 2. The molecule has 0 aliphatic carbocycles. The highest BCUT2D eigenvalue weighted by atomic mass is 16.3. The SMILES string of the molecule is Nc1nc2c(CN(CCO)C[C@@H](O)CO)c[nH]c2c(=O)[nH]1. The number of anilines is 1. The highest BCUT2D eigenvalue weighted by molar-refractivity contribution is 5.78. The molecule has 0 saturated heterocycles. The molecule has 1 atom stereocenters. The van der Waals surface area contributed by atoms with Crippen molar-refractivity contribution in [3.05, 3.63) is 22.1 Å². The smallest absolute Gasteiger partial charge is 0.276 e. The number of aliphatic hydroxyl groups is 3. The first-order valence-electron chi connectivity index (χ1n) is 6.53. The number of hydrogen-bond donors (Lipinski definition) is 6. The van der Waals surface area contributed by atoms with Crippen molar-refractivity contribution in [2.75, 3.05) is 32.0 Å². The third kappa shape index (κ3) is 3.58. The van der Waals surface area contributed by atoms with Crippen molar-refractivity contribution in [1.82, 2.24) is 19.9 Å². The highest BCUT2D eigenvalue weighted by Gasteiger charge is 2.15. The van der Waals surface area contributed by atoms with Gasteiger partial charge in [0.2, 0.25) is 5.95 Å². The van der Waals surface area contributed by atoms with Gasteiger partial charge in [0.15, 0.2) is 0 Å². The zero-order chi connectivity index (χ0) is 15.4. The molecular formula is C12H19N5O4. The molecule has 2 rings (SSSR count). The lowest BCUT2D eigenvalue weighted by Gasteiger charge is -2.23. The maximum absolute atomic E-state index is 11.7. The minimum atomic E-state index is -0.900. The molecule has 2 heterocycles. The second-order valence-electron chi connectivity index (χ2n) is 4.78. The minimum Gasteiger partial charge on any atom is -0.395 e. The molecule has 0 radical (unpaired) electrons.